The first kappa shape index (κ1) is 16.3. The molecular weight excluding hydrogens is 311 g/mol. The molecule has 0 spiro atoms. The molecule has 2 heterocycles. The monoisotopic (exact) mass is 334 g/mol. The number of anilines is 1. The molecule has 124 valence electrons. The number of hydrogen-bond donors (Lipinski definition) is 1. The van der Waals surface area contributed by atoms with E-state index in [-0.39, 0.29) is 5.82 Å². The van der Waals surface area contributed by atoms with Gasteiger partial charge in [0.25, 0.3) is 0 Å². The Morgan fingerprint density at radius 1 is 1.17 bits per heavy atom. The highest BCUT2D eigenvalue weighted by atomic mass is 32.1. The summed E-state index contributed by atoms with van der Waals surface area (Å²) in [6.45, 7) is 5.65. The van der Waals surface area contributed by atoms with Gasteiger partial charge in [-0.15, -0.1) is 10.2 Å². The maximum atomic E-state index is 12.9. The van der Waals surface area contributed by atoms with Gasteiger partial charge in [0.15, 0.2) is 0 Å². The lowest BCUT2D eigenvalue weighted by atomic mass is 10.1. The van der Waals surface area contributed by atoms with Crippen LogP contribution in [0.15, 0.2) is 24.3 Å². The second kappa shape index (κ2) is 7.84. The Labute approximate surface area is 140 Å². The molecule has 23 heavy (non-hydrogen) atoms. The normalized spacial score (nSPS) is 17.1. The number of nitrogens with one attached hydrogen (secondary N) is 1. The highest BCUT2D eigenvalue weighted by molar-refractivity contribution is 7.15. The van der Waals surface area contributed by atoms with Gasteiger partial charge in [0.2, 0.25) is 5.13 Å². The maximum Gasteiger partial charge on any atom is 0.205 e. The summed E-state index contributed by atoms with van der Waals surface area (Å²) in [5, 5.41) is 13.7. The van der Waals surface area contributed by atoms with E-state index in [4.69, 9.17) is 0 Å². The third-order valence-electron chi connectivity index (χ3n) is 4.09. The van der Waals surface area contributed by atoms with Crippen molar-refractivity contribution in [2.75, 3.05) is 25.0 Å². The summed E-state index contributed by atoms with van der Waals surface area (Å²) in [4.78, 5) is 2.52. The molecule has 0 radical (unpaired) electrons. The summed E-state index contributed by atoms with van der Waals surface area (Å²) in [6, 6.07) is 6.91. The Kier molecular flexibility index (Phi) is 5.56. The third-order valence-corrected chi connectivity index (χ3v) is 4.94. The van der Waals surface area contributed by atoms with Gasteiger partial charge in [0, 0.05) is 19.0 Å². The molecule has 6 heteroatoms. The highest BCUT2D eigenvalue weighted by Gasteiger charge is 2.14. The summed E-state index contributed by atoms with van der Waals surface area (Å²) in [6.07, 6.45) is 4.68. The minimum absolute atomic E-state index is 0.208. The molecule has 0 saturated carbocycles. The molecule has 1 aromatic heterocycles. The molecule has 0 amide bonds. The fourth-order valence-corrected chi connectivity index (χ4v) is 3.83. The van der Waals surface area contributed by atoms with Gasteiger partial charge in [-0.3, -0.25) is 0 Å². The third kappa shape index (κ3) is 4.97. The lowest BCUT2D eigenvalue weighted by molar-refractivity contribution is 0.223. The SMILES string of the molecule is CC(CN1CCCCC1)Nc1nnc(Cc2ccc(F)cc2)s1. The van der Waals surface area contributed by atoms with Crippen LogP contribution in [0.1, 0.15) is 36.8 Å². The molecule has 2 aromatic rings. The van der Waals surface area contributed by atoms with Crippen molar-refractivity contribution in [3.8, 4) is 0 Å². The van der Waals surface area contributed by atoms with E-state index in [0.29, 0.717) is 12.5 Å². The van der Waals surface area contributed by atoms with Gasteiger partial charge in [-0.1, -0.05) is 29.9 Å². The van der Waals surface area contributed by atoms with Crippen LogP contribution in [0.4, 0.5) is 9.52 Å². The van der Waals surface area contributed by atoms with Gasteiger partial charge in [-0.2, -0.15) is 0 Å². The number of rotatable bonds is 6. The molecular formula is C17H23FN4S. The predicted octanol–water partition coefficient (Wildman–Crippen LogP) is 3.55. The molecule has 3 rings (SSSR count). The Balaban J connectivity index is 1.51. The molecule has 1 aromatic carbocycles. The van der Waals surface area contributed by atoms with Crippen LogP contribution < -0.4 is 5.32 Å². The van der Waals surface area contributed by atoms with Crippen molar-refractivity contribution in [2.24, 2.45) is 0 Å². The summed E-state index contributed by atoms with van der Waals surface area (Å²) in [7, 11) is 0. The van der Waals surface area contributed by atoms with Crippen LogP contribution in [-0.4, -0.2) is 40.8 Å². The Morgan fingerprint density at radius 2 is 1.91 bits per heavy atom. The van der Waals surface area contributed by atoms with Crippen LogP contribution in [0.5, 0.6) is 0 Å². The largest absolute Gasteiger partial charge is 0.356 e. The number of hydrogen-bond acceptors (Lipinski definition) is 5. The molecule has 1 aliphatic heterocycles. The van der Waals surface area contributed by atoms with Crippen LogP contribution in [-0.2, 0) is 6.42 Å². The highest BCUT2D eigenvalue weighted by Crippen LogP contribution is 2.20. The Morgan fingerprint density at radius 3 is 2.65 bits per heavy atom. The van der Waals surface area contributed by atoms with E-state index in [1.165, 1.54) is 44.5 Å². The average molecular weight is 334 g/mol. The molecule has 0 aliphatic carbocycles. The lowest BCUT2D eigenvalue weighted by Crippen LogP contribution is -2.38. The van der Waals surface area contributed by atoms with E-state index in [1.807, 2.05) is 0 Å². The molecule has 1 saturated heterocycles. The topological polar surface area (TPSA) is 41.0 Å². The first-order valence-corrected chi connectivity index (χ1v) is 9.06. The van der Waals surface area contributed by atoms with Crippen molar-refractivity contribution < 1.29 is 4.39 Å². The number of benzene rings is 1. The van der Waals surface area contributed by atoms with Crippen LogP contribution in [0.2, 0.25) is 0 Å². The van der Waals surface area contributed by atoms with Crippen molar-refractivity contribution in [1.82, 2.24) is 15.1 Å². The fourth-order valence-electron chi connectivity index (χ4n) is 2.95. The zero-order valence-electron chi connectivity index (χ0n) is 13.5. The minimum atomic E-state index is -0.208. The van der Waals surface area contributed by atoms with Crippen LogP contribution >= 0.6 is 11.3 Å². The number of halogens is 1. The molecule has 1 atom stereocenters. The first-order chi connectivity index (χ1) is 11.2. The molecule has 1 N–H and O–H groups in total. The second-order valence-corrected chi connectivity index (χ2v) is 7.27. The van der Waals surface area contributed by atoms with Crippen molar-refractivity contribution >= 4 is 16.5 Å². The molecule has 4 nitrogen and oxygen atoms in total. The van der Waals surface area contributed by atoms with E-state index in [0.717, 1.165) is 22.2 Å². The number of piperidine rings is 1. The second-order valence-electron chi connectivity index (χ2n) is 6.21. The Bertz CT molecular complexity index is 607. The zero-order chi connectivity index (χ0) is 16.1. The van der Waals surface area contributed by atoms with Crippen molar-refractivity contribution in [1.29, 1.82) is 0 Å². The van der Waals surface area contributed by atoms with Gasteiger partial charge in [0.1, 0.15) is 10.8 Å². The van der Waals surface area contributed by atoms with Crippen molar-refractivity contribution in [2.45, 2.75) is 38.6 Å². The molecule has 0 bridgehead atoms. The van der Waals surface area contributed by atoms with Gasteiger partial charge in [-0.25, -0.2) is 4.39 Å². The quantitative estimate of drug-likeness (QED) is 0.877. The van der Waals surface area contributed by atoms with Crippen molar-refractivity contribution in [3.63, 3.8) is 0 Å². The lowest BCUT2D eigenvalue weighted by Gasteiger charge is -2.29. The van der Waals surface area contributed by atoms with Gasteiger partial charge < -0.3 is 10.2 Å². The van der Waals surface area contributed by atoms with Crippen LogP contribution in [0.25, 0.3) is 0 Å². The van der Waals surface area contributed by atoms with Crippen molar-refractivity contribution in [3.05, 3.63) is 40.7 Å². The fraction of sp³-hybridized carbons (Fsp3) is 0.529. The summed E-state index contributed by atoms with van der Waals surface area (Å²) in [5.74, 6) is -0.208. The van der Waals surface area contributed by atoms with E-state index in [1.54, 1.807) is 23.5 Å². The van der Waals surface area contributed by atoms with Crippen LogP contribution in [0.3, 0.4) is 0 Å². The average Bonchev–Trinajstić information content (AvgIpc) is 2.97. The van der Waals surface area contributed by atoms with E-state index in [2.05, 4.69) is 27.3 Å². The molecule has 1 aliphatic rings. The predicted molar refractivity (Wildman–Crippen MR) is 92.5 cm³/mol. The van der Waals surface area contributed by atoms with Gasteiger partial charge >= 0.3 is 0 Å². The van der Waals surface area contributed by atoms with Gasteiger partial charge in [-0.05, 0) is 50.6 Å². The minimum Gasteiger partial charge on any atom is -0.356 e. The molecule has 1 unspecified atom stereocenters. The Hall–Kier alpha value is -1.53. The smallest absolute Gasteiger partial charge is 0.205 e. The maximum absolute atomic E-state index is 12.9. The number of likely N-dealkylation sites (tertiary alicyclic amines) is 1. The summed E-state index contributed by atoms with van der Waals surface area (Å²) < 4.78 is 12.9. The van der Waals surface area contributed by atoms with E-state index < -0.39 is 0 Å². The molecule has 1 fully saturated rings. The first-order valence-electron chi connectivity index (χ1n) is 8.25. The number of nitrogens with zero attached hydrogens (tertiary/aromatic N) is 3. The van der Waals surface area contributed by atoms with E-state index >= 15 is 0 Å². The van der Waals surface area contributed by atoms with Crippen LogP contribution in [0, 0.1) is 5.82 Å². The number of aromatic nitrogens is 2. The summed E-state index contributed by atoms with van der Waals surface area (Å²) >= 11 is 1.58. The standard InChI is InChI=1S/C17H23FN4S/c1-13(12-22-9-3-2-4-10-22)19-17-21-20-16(23-17)11-14-5-7-15(18)8-6-14/h5-8,13H,2-4,9-12H2,1H3,(H,19,21). The summed E-state index contributed by atoms with van der Waals surface area (Å²) in [5.41, 5.74) is 1.05. The zero-order valence-corrected chi connectivity index (χ0v) is 14.3. The van der Waals surface area contributed by atoms with Gasteiger partial charge in [0.05, 0.1) is 0 Å². The van der Waals surface area contributed by atoms with E-state index in [9.17, 15) is 4.39 Å².